The van der Waals surface area contributed by atoms with Gasteiger partial charge in [0.2, 0.25) is 5.95 Å². The van der Waals surface area contributed by atoms with E-state index in [4.69, 9.17) is 11.6 Å². The minimum absolute atomic E-state index is 0.137. The summed E-state index contributed by atoms with van der Waals surface area (Å²) in [4.78, 5) is 26.5. The maximum atomic E-state index is 12.0. The quantitative estimate of drug-likeness (QED) is 0.548. The Kier molecular flexibility index (Phi) is 6.96. The zero-order valence-electron chi connectivity index (χ0n) is 18.7. The summed E-state index contributed by atoms with van der Waals surface area (Å²) in [5, 5.41) is 13.5. The third-order valence-electron chi connectivity index (χ3n) is 5.78. The van der Waals surface area contributed by atoms with E-state index < -0.39 is 6.09 Å². The molecule has 9 heteroatoms. The highest BCUT2D eigenvalue weighted by molar-refractivity contribution is 6.30. The molecule has 0 atom stereocenters. The molecule has 1 aromatic heterocycles. The molecule has 0 unspecified atom stereocenters. The van der Waals surface area contributed by atoms with Crippen molar-refractivity contribution < 1.29 is 9.90 Å². The van der Waals surface area contributed by atoms with E-state index in [0.717, 1.165) is 43.0 Å². The molecule has 1 saturated heterocycles. The van der Waals surface area contributed by atoms with Crippen molar-refractivity contribution in [2.75, 3.05) is 48.3 Å². The van der Waals surface area contributed by atoms with Gasteiger partial charge in [-0.25, -0.2) is 9.78 Å². The van der Waals surface area contributed by atoms with Crippen LogP contribution in [-0.2, 0) is 6.54 Å². The molecule has 0 radical (unpaired) electrons. The van der Waals surface area contributed by atoms with Crippen LogP contribution in [-0.4, -0.2) is 59.3 Å². The molecule has 8 nitrogen and oxygen atoms in total. The molecule has 1 aliphatic rings. The molecule has 0 aliphatic carbocycles. The number of aryl methyl sites for hydroxylation is 1. The van der Waals surface area contributed by atoms with Crippen LogP contribution in [0.3, 0.4) is 0 Å². The first-order valence-electron chi connectivity index (χ1n) is 10.8. The Balaban J connectivity index is 1.48. The summed E-state index contributed by atoms with van der Waals surface area (Å²) < 4.78 is 0. The molecule has 33 heavy (non-hydrogen) atoms. The van der Waals surface area contributed by atoms with Crippen molar-refractivity contribution in [3.05, 3.63) is 70.9 Å². The van der Waals surface area contributed by atoms with Gasteiger partial charge in [0.25, 0.3) is 0 Å². The molecule has 0 bridgehead atoms. The summed E-state index contributed by atoms with van der Waals surface area (Å²) in [6.07, 6.45) is 0.444. The average molecular weight is 467 g/mol. The maximum absolute atomic E-state index is 12.0. The van der Waals surface area contributed by atoms with Crippen LogP contribution >= 0.6 is 11.6 Å². The van der Waals surface area contributed by atoms with E-state index in [-0.39, 0.29) is 12.4 Å². The predicted octanol–water partition coefficient (Wildman–Crippen LogP) is 4.62. The zero-order valence-corrected chi connectivity index (χ0v) is 19.5. The van der Waals surface area contributed by atoms with Crippen molar-refractivity contribution in [2.24, 2.45) is 0 Å². The van der Waals surface area contributed by atoms with E-state index in [0.29, 0.717) is 11.0 Å². The molecular weight excluding hydrogens is 440 g/mol. The van der Waals surface area contributed by atoms with Crippen LogP contribution in [0.2, 0.25) is 5.02 Å². The number of nitrogens with one attached hydrogen (secondary N) is 1. The van der Waals surface area contributed by atoms with E-state index >= 15 is 0 Å². The van der Waals surface area contributed by atoms with Gasteiger partial charge in [-0.2, -0.15) is 4.98 Å². The fourth-order valence-corrected chi connectivity index (χ4v) is 3.93. The lowest BCUT2D eigenvalue weighted by atomic mass is 10.1. The van der Waals surface area contributed by atoms with Crippen LogP contribution in [0.4, 0.5) is 27.9 Å². The van der Waals surface area contributed by atoms with Gasteiger partial charge in [-0.05, 0) is 67.6 Å². The second-order valence-corrected chi connectivity index (χ2v) is 8.58. The lowest BCUT2D eigenvalue weighted by molar-refractivity contribution is 0.201. The zero-order chi connectivity index (χ0) is 23.4. The van der Waals surface area contributed by atoms with Gasteiger partial charge in [-0.15, -0.1) is 0 Å². The standard InChI is InChI=1S/C24H27ClN6O2/c1-17-3-4-19(25)15-18(17)16-31(24(32)33)22-9-10-26-23(28-22)27-20-5-7-21(8-6-20)30-13-11-29(2)12-14-30/h3-10,15H,11-14,16H2,1-2H3,(H,32,33)(H,26,27,28). The molecule has 0 saturated carbocycles. The average Bonchev–Trinajstić information content (AvgIpc) is 2.80. The van der Waals surface area contributed by atoms with E-state index in [9.17, 15) is 9.90 Å². The first kappa shape index (κ1) is 22.8. The SMILES string of the molecule is Cc1ccc(Cl)cc1CN(C(=O)O)c1ccnc(Nc2ccc(N3CCN(C)CC3)cc2)n1. The minimum Gasteiger partial charge on any atom is -0.465 e. The summed E-state index contributed by atoms with van der Waals surface area (Å²) in [6, 6.07) is 15.1. The molecule has 1 aliphatic heterocycles. The van der Waals surface area contributed by atoms with Crippen LogP contribution in [0.5, 0.6) is 0 Å². The van der Waals surface area contributed by atoms with Crippen LogP contribution in [0, 0.1) is 6.92 Å². The smallest absolute Gasteiger partial charge is 0.413 e. The Morgan fingerprint density at radius 2 is 1.85 bits per heavy atom. The summed E-state index contributed by atoms with van der Waals surface area (Å²) in [5.74, 6) is 0.613. The van der Waals surface area contributed by atoms with Crippen molar-refractivity contribution in [2.45, 2.75) is 13.5 Å². The van der Waals surface area contributed by atoms with E-state index in [1.807, 2.05) is 25.1 Å². The maximum Gasteiger partial charge on any atom is 0.413 e. The lowest BCUT2D eigenvalue weighted by Gasteiger charge is -2.34. The van der Waals surface area contributed by atoms with Crippen molar-refractivity contribution in [1.29, 1.82) is 0 Å². The van der Waals surface area contributed by atoms with Gasteiger partial charge < -0.3 is 20.2 Å². The van der Waals surface area contributed by atoms with Gasteiger partial charge in [0.15, 0.2) is 0 Å². The van der Waals surface area contributed by atoms with Gasteiger partial charge in [-0.3, -0.25) is 4.90 Å². The van der Waals surface area contributed by atoms with Crippen molar-refractivity contribution in [1.82, 2.24) is 14.9 Å². The number of hydrogen-bond donors (Lipinski definition) is 2. The second kappa shape index (κ2) is 10.1. The van der Waals surface area contributed by atoms with Gasteiger partial charge in [0, 0.05) is 48.8 Å². The molecular formula is C24H27ClN6O2. The molecule has 2 N–H and O–H groups in total. The summed E-state index contributed by atoms with van der Waals surface area (Å²) in [6.45, 7) is 6.17. The van der Waals surface area contributed by atoms with Gasteiger partial charge in [-0.1, -0.05) is 17.7 Å². The Morgan fingerprint density at radius 1 is 1.12 bits per heavy atom. The number of amides is 1. The summed E-state index contributed by atoms with van der Waals surface area (Å²) in [5.41, 5.74) is 3.78. The molecule has 1 amide bonds. The number of hydrogen-bond acceptors (Lipinski definition) is 6. The number of benzene rings is 2. The number of anilines is 4. The molecule has 0 spiro atoms. The van der Waals surface area contributed by atoms with Crippen molar-refractivity contribution in [3.63, 3.8) is 0 Å². The highest BCUT2D eigenvalue weighted by atomic mass is 35.5. The molecule has 2 heterocycles. The number of nitrogens with zero attached hydrogens (tertiary/aromatic N) is 5. The van der Waals surface area contributed by atoms with Crippen LogP contribution in [0.25, 0.3) is 0 Å². The molecule has 4 rings (SSSR count). The number of rotatable bonds is 6. The molecule has 1 fully saturated rings. The highest BCUT2D eigenvalue weighted by Gasteiger charge is 2.19. The summed E-state index contributed by atoms with van der Waals surface area (Å²) in [7, 11) is 2.14. The largest absolute Gasteiger partial charge is 0.465 e. The first-order chi connectivity index (χ1) is 15.9. The number of likely N-dealkylation sites (N-methyl/N-ethyl adjacent to an activating group) is 1. The topological polar surface area (TPSA) is 84.8 Å². The fraction of sp³-hybridized carbons (Fsp3) is 0.292. The van der Waals surface area contributed by atoms with Gasteiger partial charge in [0.05, 0.1) is 6.54 Å². The number of piperazine rings is 1. The number of carbonyl (C=O) groups is 1. The Morgan fingerprint density at radius 3 is 2.55 bits per heavy atom. The lowest BCUT2D eigenvalue weighted by Crippen LogP contribution is -2.44. The third-order valence-corrected chi connectivity index (χ3v) is 6.01. The van der Waals surface area contributed by atoms with E-state index in [1.165, 1.54) is 10.6 Å². The molecule has 172 valence electrons. The fourth-order valence-electron chi connectivity index (χ4n) is 3.74. The van der Waals surface area contributed by atoms with Crippen LogP contribution in [0.15, 0.2) is 54.7 Å². The minimum atomic E-state index is -1.10. The number of halogens is 1. The van der Waals surface area contributed by atoms with Crippen molar-refractivity contribution >= 4 is 40.8 Å². The van der Waals surface area contributed by atoms with Crippen LogP contribution < -0.4 is 15.1 Å². The molecule has 3 aromatic rings. The molecule has 2 aromatic carbocycles. The van der Waals surface area contributed by atoms with Gasteiger partial charge in [0.1, 0.15) is 5.82 Å². The van der Waals surface area contributed by atoms with Crippen LogP contribution in [0.1, 0.15) is 11.1 Å². The van der Waals surface area contributed by atoms with Crippen molar-refractivity contribution in [3.8, 4) is 0 Å². The Hall–Kier alpha value is -3.36. The first-order valence-corrected chi connectivity index (χ1v) is 11.2. The Labute approximate surface area is 198 Å². The Bertz CT molecular complexity index is 1120. The second-order valence-electron chi connectivity index (χ2n) is 8.14. The number of aromatic nitrogens is 2. The predicted molar refractivity (Wildman–Crippen MR) is 132 cm³/mol. The number of carboxylic acid groups (broad SMARTS) is 1. The summed E-state index contributed by atoms with van der Waals surface area (Å²) >= 11 is 6.10. The normalized spacial score (nSPS) is 14.2. The highest BCUT2D eigenvalue weighted by Crippen LogP contribution is 2.24. The van der Waals surface area contributed by atoms with Gasteiger partial charge >= 0.3 is 6.09 Å². The third kappa shape index (κ3) is 5.71. The van der Waals surface area contributed by atoms with E-state index in [1.54, 1.807) is 24.4 Å². The van der Waals surface area contributed by atoms with E-state index in [2.05, 4.69) is 44.3 Å². The monoisotopic (exact) mass is 466 g/mol.